The maximum absolute atomic E-state index is 13.1. The van der Waals surface area contributed by atoms with Crippen molar-refractivity contribution in [2.24, 2.45) is 5.92 Å². The van der Waals surface area contributed by atoms with Crippen LogP contribution in [0.15, 0.2) is 97.1 Å². The number of carbonyl (C=O) groups is 3. The zero-order valence-corrected chi connectivity index (χ0v) is 31.6. The fourth-order valence-electron chi connectivity index (χ4n) is 8.91. The summed E-state index contributed by atoms with van der Waals surface area (Å²) in [6.45, 7) is 7.81. The van der Waals surface area contributed by atoms with Crippen LogP contribution in [0.25, 0.3) is 11.1 Å². The van der Waals surface area contributed by atoms with Gasteiger partial charge in [-0.1, -0.05) is 61.5 Å². The van der Waals surface area contributed by atoms with Crippen molar-refractivity contribution in [3.8, 4) is 11.5 Å². The Labute approximate surface area is 323 Å². The van der Waals surface area contributed by atoms with E-state index in [2.05, 4.69) is 76.6 Å². The van der Waals surface area contributed by atoms with E-state index in [1.165, 1.54) is 40.8 Å². The van der Waals surface area contributed by atoms with Gasteiger partial charge in [-0.2, -0.15) is 0 Å². The summed E-state index contributed by atoms with van der Waals surface area (Å²) in [4.78, 5) is 43.8. The van der Waals surface area contributed by atoms with Crippen LogP contribution in [0.3, 0.4) is 0 Å². The van der Waals surface area contributed by atoms with E-state index in [4.69, 9.17) is 4.74 Å². The van der Waals surface area contributed by atoms with Gasteiger partial charge in [0.1, 0.15) is 23.6 Å². The minimum absolute atomic E-state index is 0.132. The molecule has 4 aliphatic heterocycles. The molecule has 284 valence electrons. The van der Waals surface area contributed by atoms with Crippen molar-refractivity contribution in [2.75, 3.05) is 37.6 Å². The number of allylic oxidation sites excluding steroid dienone is 1. The topological polar surface area (TPSA) is 102 Å². The minimum atomic E-state index is -0.612. The second-order valence-electron chi connectivity index (χ2n) is 15.4. The molecule has 8 rings (SSSR count). The summed E-state index contributed by atoms with van der Waals surface area (Å²) >= 11 is 0. The van der Waals surface area contributed by atoms with Gasteiger partial charge in [0.15, 0.2) is 0 Å². The summed E-state index contributed by atoms with van der Waals surface area (Å²) < 4.78 is 6.43. The van der Waals surface area contributed by atoms with E-state index in [1.807, 2.05) is 30.3 Å². The van der Waals surface area contributed by atoms with E-state index in [1.54, 1.807) is 17.0 Å². The molecule has 9 nitrogen and oxygen atoms in total. The smallest absolute Gasteiger partial charge is 0.255 e. The van der Waals surface area contributed by atoms with Crippen molar-refractivity contribution < 1.29 is 24.2 Å². The van der Waals surface area contributed by atoms with Gasteiger partial charge in [-0.05, 0) is 120 Å². The van der Waals surface area contributed by atoms with Crippen LogP contribution in [0, 0.1) is 5.92 Å². The number of likely N-dealkylation sites (tertiary alicyclic amines) is 1. The lowest BCUT2D eigenvalue weighted by Crippen LogP contribution is -2.52. The van der Waals surface area contributed by atoms with E-state index in [0.717, 1.165) is 68.9 Å². The van der Waals surface area contributed by atoms with Crippen molar-refractivity contribution in [2.45, 2.75) is 70.6 Å². The number of carbonyl (C=O) groups excluding carboxylic acids is 3. The van der Waals surface area contributed by atoms with Gasteiger partial charge in [-0.3, -0.25) is 19.7 Å². The quantitative estimate of drug-likeness (QED) is 0.130. The number of anilines is 1. The SMILES string of the molecule is CC/C(=C(\c1ccc(O)cc1)c1ccc(N2CCC(CN3CCC(Oc4ccc5c(c4)CN(C4CCC(=O)NC4=O)C5=O)CC3)CC2)cc1)c1ccccc1. The van der Waals surface area contributed by atoms with Gasteiger partial charge < -0.3 is 24.5 Å². The number of phenols is 1. The number of rotatable bonds is 10. The number of benzene rings is 4. The van der Waals surface area contributed by atoms with Crippen molar-refractivity contribution >= 4 is 34.6 Å². The standard InChI is InChI=1S/C46H50N4O5/c1-2-40(32-6-4-3-5-7-32)44(34-10-14-37(51)15-11-34)33-8-12-36(13-9-33)49-26-20-31(21-27-49)29-48-24-22-38(23-25-48)55-39-16-17-41-35(28-39)30-50(46(41)54)42-18-19-43(52)47-45(42)53/h3-17,28,31,38,42,51H,2,18-27,29-30H2,1H3,(H,47,52,53)/b44-40+. The number of hydrogen-bond acceptors (Lipinski definition) is 7. The molecule has 4 aliphatic rings. The molecule has 0 aliphatic carbocycles. The summed E-state index contributed by atoms with van der Waals surface area (Å²) in [5, 5.41) is 12.4. The highest BCUT2D eigenvalue weighted by molar-refractivity contribution is 6.05. The lowest BCUT2D eigenvalue weighted by atomic mass is 9.88. The van der Waals surface area contributed by atoms with Crippen molar-refractivity contribution in [1.29, 1.82) is 0 Å². The van der Waals surface area contributed by atoms with Gasteiger partial charge >= 0.3 is 0 Å². The van der Waals surface area contributed by atoms with Crippen LogP contribution < -0.4 is 15.0 Å². The number of amides is 3. The molecular formula is C46H50N4O5. The predicted molar refractivity (Wildman–Crippen MR) is 215 cm³/mol. The van der Waals surface area contributed by atoms with Crippen LogP contribution in [-0.2, 0) is 16.1 Å². The largest absolute Gasteiger partial charge is 0.508 e. The number of ether oxygens (including phenoxy) is 1. The molecule has 55 heavy (non-hydrogen) atoms. The Morgan fingerprint density at radius 2 is 1.47 bits per heavy atom. The number of fused-ring (bicyclic) bond motifs is 1. The summed E-state index contributed by atoms with van der Waals surface area (Å²) in [6, 6.07) is 32.2. The zero-order valence-electron chi connectivity index (χ0n) is 31.6. The molecule has 3 saturated heterocycles. The molecule has 3 amide bonds. The van der Waals surface area contributed by atoms with Crippen LogP contribution in [0.1, 0.15) is 84.5 Å². The lowest BCUT2D eigenvalue weighted by molar-refractivity contribution is -0.136. The Balaban J connectivity index is 0.826. The third kappa shape index (κ3) is 8.03. The van der Waals surface area contributed by atoms with E-state index in [0.29, 0.717) is 24.4 Å². The Morgan fingerprint density at radius 1 is 0.782 bits per heavy atom. The first-order valence-electron chi connectivity index (χ1n) is 19.9. The number of nitrogens with zero attached hydrogens (tertiary/aromatic N) is 3. The third-order valence-electron chi connectivity index (χ3n) is 11.9. The average molecular weight is 739 g/mol. The van der Waals surface area contributed by atoms with Crippen LogP contribution in [0.4, 0.5) is 5.69 Å². The van der Waals surface area contributed by atoms with E-state index < -0.39 is 11.9 Å². The number of phenolic OH excluding ortho intramolecular Hbond substituents is 1. The van der Waals surface area contributed by atoms with E-state index in [-0.39, 0.29) is 30.1 Å². The molecule has 0 saturated carbocycles. The number of piperidine rings is 3. The van der Waals surface area contributed by atoms with Crippen molar-refractivity contribution in [3.63, 3.8) is 0 Å². The number of nitrogens with one attached hydrogen (secondary N) is 1. The third-order valence-corrected chi connectivity index (χ3v) is 11.9. The lowest BCUT2D eigenvalue weighted by Gasteiger charge is -2.38. The van der Waals surface area contributed by atoms with Gasteiger partial charge in [0, 0.05) is 56.9 Å². The Kier molecular flexibility index (Phi) is 10.7. The first-order valence-corrected chi connectivity index (χ1v) is 19.9. The van der Waals surface area contributed by atoms with Crippen molar-refractivity contribution in [1.82, 2.24) is 15.1 Å². The summed E-state index contributed by atoms with van der Waals surface area (Å²) in [5.41, 5.74) is 8.74. The van der Waals surface area contributed by atoms with Gasteiger partial charge in [-0.15, -0.1) is 0 Å². The monoisotopic (exact) mass is 738 g/mol. The molecule has 4 heterocycles. The van der Waals surface area contributed by atoms with Crippen LogP contribution in [-0.4, -0.2) is 77.5 Å². The van der Waals surface area contributed by atoms with E-state index >= 15 is 0 Å². The summed E-state index contributed by atoms with van der Waals surface area (Å²) in [7, 11) is 0. The molecule has 2 N–H and O–H groups in total. The van der Waals surface area contributed by atoms with Crippen LogP contribution in [0.5, 0.6) is 11.5 Å². The molecule has 0 radical (unpaired) electrons. The summed E-state index contributed by atoms with van der Waals surface area (Å²) in [6.07, 6.45) is 5.92. The number of imide groups is 1. The zero-order chi connectivity index (χ0) is 37.9. The molecule has 0 aromatic heterocycles. The first-order chi connectivity index (χ1) is 26.8. The molecule has 0 spiro atoms. The number of aromatic hydroxyl groups is 1. The minimum Gasteiger partial charge on any atom is -0.508 e. The summed E-state index contributed by atoms with van der Waals surface area (Å²) in [5.74, 6) is 0.883. The van der Waals surface area contributed by atoms with Gasteiger partial charge in [0.2, 0.25) is 11.8 Å². The molecule has 3 fully saturated rings. The molecule has 9 heteroatoms. The molecule has 1 atom stereocenters. The molecule has 4 aromatic rings. The normalized spacial score (nSPS) is 20.3. The Morgan fingerprint density at radius 3 is 2.15 bits per heavy atom. The first kappa shape index (κ1) is 36.6. The molecular weight excluding hydrogens is 689 g/mol. The Hall–Kier alpha value is -5.41. The maximum atomic E-state index is 13.1. The van der Waals surface area contributed by atoms with Gasteiger partial charge in [0.25, 0.3) is 5.91 Å². The van der Waals surface area contributed by atoms with E-state index in [9.17, 15) is 19.5 Å². The fraction of sp³-hybridized carbons (Fsp3) is 0.370. The highest BCUT2D eigenvalue weighted by Gasteiger charge is 2.39. The highest BCUT2D eigenvalue weighted by atomic mass is 16.5. The molecule has 0 bridgehead atoms. The predicted octanol–water partition coefficient (Wildman–Crippen LogP) is 7.28. The van der Waals surface area contributed by atoms with Crippen LogP contribution >= 0.6 is 0 Å². The van der Waals surface area contributed by atoms with Crippen LogP contribution in [0.2, 0.25) is 0 Å². The Bertz CT molecular complexity index is 2050. The fourth-order valence-corrected chi connectivity index (χ4v) is 8.91. The average Bonchev–Trinajstić information content (AvgIpc) is 3.53. The second kappa shape index (κ2) is 16.1. The molecule has 4 aromatic carbocycles. The highest BCUT2D eigenvalue weighted by Crippen LogP contribution is 2.37. The second-order valence-corrected chi connectivity index (χ2v) is 15.4. The number of hydrogen-bond donors (Lipinski definition) is 2. The molecule has 1 unspecified atom stereocenters. The maximum Gasteiger partial charge on any atom is 0.255 e. The van der Waals surface area contributed by atoms with Crippen molar-refractivity contribution in [3.05, 3.63) is 125 Å². The van der Waals surface area contributed by atoms with Gasteiger partial charge in [-0.25, -0.2) is 0 Å². The van der Waals surface area contributed by atoms with Gasteiger partial charge in [0.05, 0.1) is 0 Å².